The summed E-state index contributed by atoms with van der Waals surface area (Å²) in [5, 5.41) is 13.7. The molecule has 10 heavy (non-hydrogen) atoms. The summed E-state index contributed by atoms with van der Waals surface area (Å²) in [5.41, 5.74) is 0. The predicted molar refractivity (Wildman–Crippen MR) is 29.8 cm³/mol. The fourth-order valence-electron chi connectivity index (χ4n) is 0.278. The van der Waals surface area contributed by atoms with Gasteiger partial charge in [-0.3, -0.25) is 9.59 Å². The minimum Gasteiger partial charge on any atom is -0.480 e. The van der Waals surface area contributed by atoms with Crippen LogP contribution in [-0.2, 0) is 20.7 Å². The summed E-state index contributed by atoms with van der Waals surface area (Å²) >= 11 is -2.86. The summed E-state index contributed by atoms with van der Waals surface area (Å²) in [6, 6.07) is 0. The molecule has 0 saturated carbocycles. The first kappa shape index (κ1) is 9.05. The van der Waals surface area contributed by atoms with Gasteiger partial charge in [0.1, 0.15) is 0 Å². The number of carboxylic acids is 2. The second-order valence-electron chi connectivity index (χ2n) is 1.33. The van der Waals surface area contributed by atoms with Crippen LogP contribution in [-0.4, -0.2) is 36.2 Å². The molecule has 0 aliphatic heterocycles. The van der Waals surface area contributed by atoms with Crippen LogP contribution in [0.15, 0.2) is 0 Å². The highest BCUT2D eigenvalue weighted by molar-refractivity contribution is 7.81. The largest absolute Gasteiger partial charge is 0.480 e. The quantitative estimate of drug-likeness (QED) is 0.358. The number of hydrogen-bond donors (Lipinski definition) is 3. The SMILES string of the molecule is O=C(O)C(C(=O)O)S(=O)O. The van der Waals surface area contributed by atoms with Gasteiger partial charge < -0.3 is 14.8 Å². The van der Waals surface area contributed by atoms with E-state index in [1.54, 1.807) is 0 Å². The molecule has 0 rings (SSSR count). The topological polar surface area (TPSA) is 112 Å². The van der Waals surface area contributed by atoms with E-state index in [9.17, 15) is 13.8 Å². The average molecular weight is 168 g/mol. The second-order valence-corrected chi connectivity index (χ2v) is 2.36. The average Bonchev–Trinajstić information content (AvgIpc) is 1.59. The zero-order chi connectivity index (χ0) is 8.31. The van der Waals surface area contributed by atoms with Crippen LogP contribution in [0.3, 0.4) is 0 Å². The van der Waals surface area contributed by atoms with Crippen molar-refractivity contribution in [1.29, 1.82) is 0 Å². The number of rotatable bonds is 3. The molecule has 0 aromatic heterocycles. The molecule has 0 amide bonds. The maximum atomic E-state index is 9.93. The Kier molecular flexibility index (Phi) is 2.97. The lowest BCUT2D eigenvalue weighted by atomic mass is 10.4. The molecule has 7 heteroatoms. The monoisotopic (exact) mass is 168 g/mol. The van der Waals surface area contributed by atoms with Crippen molar-refractivity contribution in [3.05, 3.63) is 0 Å². The Bertz CT molecular complexity index is 152. The van der Waals surface area contributed by atoms with Gasteiger partial charge >= 0.3 is 11.9 Å². The van der Waals surface area contributed by atoms with Gasteiger partial charge in [0.25, 0.3) is 5.25 Å². The van der Waals surface area contributed by atoms with E-state index in [2.05, 4.69) is 0 Å². The summed E-state index contributed by atoms with van der Waals surface area (Å²) in [5.74, 6) is -3.65. The van der Waals surface area contributed by atoms with Gasteiger partial charge in [-0.1, -0.05) is 0 Å². The van der Waals surface area contributed by atoms with Crippen LogP contribution < -0.4 is 0 Å². The van der Waals surface area contributed by atoms with Crippen molar-refractivity contribution in [1.82, 2.24) is 0 Å². The van der Waals surface area contributed by atoms with Crippen LogP contribution in [0.5, 0.6) is 0 Å². The van der Waals surface area contributed by atoms with Crippen LogP contribution in [0.4, 0.5) is 0 Å². The molecule has 0 aromatic carbocycles. The summed E-state index contributed by atoms with van der Waals surface area (Å²) in [4.78, 5) is 19.7. The molecule has 0 radical (unpaired) electrons. The minimum atomic E-state index is -2.86. The Morgan fingerprint density at radius 3 is 1.50 bits per heavy atom. The van der Waals surface area contributed by atoms with E-state index in [1.807, 2.05) is 0 Å². The van der Waals surface area contributed by atoms with Gasteiger partial charge in [-0.2, -0.15) is 0 Å². The summed E-state index contributed by atoms with van der Waals surface area (Å²) in [6.45, 7) is 0. The molecule has 3 N–H and O–H groups in total. The Hall–Kier alpha value is -0.950. The molecule has 0 spiro atoms. The van der Waals surface area contributed by atoms with Crippen LogP contribution in [0.2, 0.25) is 0 Å². The first-order chi connectivity index (χ1) is 4.46. The number of carboxylic acid groups (broad SMARTS) is 2. The lowest BCUT2D eigenvalue weighted by molar-refractivity contribution is -0.146. The number of hydrogen-bond acceptors (Lipinski definition) is 3. The Balaban J connectivity index is 4.43. The van der Waals surface area contributed by atoms with Crippen molar-refractivity contribution in [2.75, 3.05) is 0 Å². The minimum absolute atomic E-state index is 1.83. The third-order valence-corrected chi connectivity index (χ3v) is 1.46. The molecule has 0 aliphatic carbocycles. The smallest absolute Gasteiger partial charge is 0.333 e. The third-order valence-electron chi connectivity index (χ3n) is 0.650. The van der Waals surface area contributed by atoms with E-state index < -0.39 is 28.3 Å². The van der Waals surface area contributed by atoms with Crippen molar-refractivity contribution in [2.24, 2.45) is 0 Å². The van der Waals surface area contributed by atoms with Crippen LogP contribution in [0, 0.1) is 0 Å². The van der Waals surface area contributed by atoms with Crippen molar-refractivity contribution in [3.63, 3.8) is 0 Å². The van der Waals surface area contributed by atoms with Crippen molar-refractivity contribution < 1.29 is 28.6 Å². The van der Waals surface area contributed by atoms with E-state index in [1.165, 1.54) is 0 Å². The molecule has 0 aromatic rings. The van der Waals surface area contributed by atoms with Gasteiger partial charge in [-0.15, -0.1) is 0 Å². The van der Waals surface area contributed by atoms with Crippen LogP contribution in [0.25, 0.3) is 0 Å². The van der Waals surface area contributed by atoms with E-state index in [0.717, 1.165) is 0 Å². The predicted octanol–water partition coefficient (Wildman–Crippen LogP) is -1.25. The maximum absolute atomic E-state index is 9.93. The maximum Gasteiger partial charge on any atom is 0.333 e. The van der Waals surface area contributed by atoms with Crippen molar-refractivity contribution in [3.8, 4) is 0 Å². The fourth-order valence-corrected chi connectivity index (χ4v) is 0.623. The molecular weight excluding hydrogens is 164 g/mol. The first-order valence-corrected chi connectivity index (χ1v) is 3.19. The van der Waals surface area contributed by atoms with Gasteiger partial charge in [0.05, 0.1) is 0 Å². The molecule has 1 atom stereocenters. The molecule has 0 bridgehead atoms. The fraction of sp³-hybridized carbons (Fsp3) is 0.333. The van der Waals surface area contributed by atoms with Gasteiger partial charge in [-0.05, 0) is 0 Å². The standard InChI is InChI=1S/C3H4O6S/c4-2(5)1(3(6)7)10(8)9/h1H,(H,4,5)(H,6,7)(H,8,9). The molecule has 1 unspecified atom stereocenters. The van der Waals surface area contributed by atoms with Crippen LogP contribution >= 0.6 is 0 Å². The number of aliphatic carboxylic acids is 2. The number of carbonyl (C=O) groups is 2. The molecule has 0 saturated heterocycles. The molecule has 6 nitrogen and oxygen atoms in total. The van der Waals surface area contributed by atoms with E-state index in [4.69, 9.17) is 14.8 Å². The van der Waals surface area contributed by atoms with Gasteiger partial charge in [0.15, 0.2) is 11.1 Å². The summed E-state index contributed by atoms with van der Waals surface area (Å²) in [7, 11) is 0. The highest BCUT2D eigenvalue weighted by Crippen LogP contribution is 1.93. The highest BCUT2D eigenvalue weighted by atomic mass is 32.2. The molecule has 0 heterocycles. The van der Waals surface area contributed by atoms with Gasteiger partial charge in [0.2, 0.25) is 0 Å². The molecule has 0 aliphatic rings. The third kappa shape index (κ3) is 2.11. The lowest BCUT2D eigenvalue weighted by Gasteiger charge is -1.98. The van der Waals surface area contributed by atoms with E-state index >= 15 is 0 Å². The zero-order valence-electron chi connectivity index (χ0n) is 4.55. The Morgan fingerprint density at radius 1 is 1.20 bits per heavy atom. The second kappa shape index (κ2) is 3.28. The highest BCUT2D eigenvalue weighted by Gasteiger charge is 2.31. The van der Waals surface area contributed by atoms with Crippen molar-refractivity contribution >= 4 is 23.0 Å². The van der Waals surface area contributed by atoms with E-state index in [0.29, 0.717) is 0 Å². The molecular formula is C3H4O6S. The first-order valence-electron chi connectivity index (χ1n) is 2.02. The Labute approximate surface area is 57.8 Å². The van der Waals surface area contributed by atoms with Gasteiger partial charge in [0, 0.05) is 0 Å². The molecule has 0 fully saturated rings. The molecule has 58 valence electrons. The van der Waals surface area contributed by atoms with E-state index in [-0.39, 0.29) is 0 Å². The van der Waals surface area contributed by atoms with Crippen LogP contribution in [0.1, 0.15) is 0 Å². The summed E-state index contributed by atoms with van der Waals surface area (Å²) in [6.07, 6.45) is 0. The zero-order valence-corrected chi connectivity index (χ0v) is 5.37. The Morgan fingerprint density at radius 2 is 1.50 bits per heavy atom. The van der Waals surface area contributed by atoms with Crippen molar-refractivity contribution in [2.45, 2.75) is 5.25 Å². The normalized spacial score (nSPS) is 13.0. The summed E-state index contributed by atoms with van der Waals surface area (Å²) < 4.78 is 18.0. The van der Waals surface area contributed by atoms with Gasteiger partial charge in [-0.25, -0.2) is 4.21 Å². The lowest BCUT2D eigenvalue weighted by Crippen LogP contribution is -2.33.